The molecule has 1 aromatic carbocycles. The molecule has 0 saturated carbocycles. The second-order valence-electron chi connectivity index (χ2n) is 6.21. The summed E-state index contributed by atoms with van der Waals surface area (Å²) in [7, 11) is 0. The van der Waals surface area contributed by atoms with Gasteiger partial charge in [-0.05, 0) is 32.4 Å². The number of rotatable bonds is 4. The number of benzene rings is 1. The molecular formula is C19H24N2O3. The predicted molar refractivity (Wildman–Crippen MR) is 93.1 cm³/mol. The quantitative estimate of drug-likeness (QED) is 0.808. The summed E-state index contributed by atoms with van der Waals surface area (Å²) in [5, 5.41) is 1.000. The minimum atomic E-state index is -0.287. The van der Waals surface area contributed by atoms with E-state index >= 15 is 0 Å². The maximum atomic E-state index is 12.5. The predicted octanol–water partition coefficient (Wildman–Crippen LogP) is 2.94. The van der Waals surface area contributed by atoms with Crippen molar-refractivity contribution < 1.29 is 14.3 Å². The van der Waals surface area contributed by atoms with E-state index in [9.17, 15) is 4.79 Å². The molecule has 1 atom stereocenters. The van der Waals surface area contributed by atoms with Crippen LogP contribution in [0.15, 0.2) is 24.3 Å². The van der Waals surface area contributed by atoms with E-state index in [0.717, 1.165) is 35.2 Å². The lowest BCUT2D eigenvalue weighted by atomic mass is 10.0. The smallest absolute Gasteiger partial charge is 0.340 e. The Hall–Kier alpha value is -1.98. The van der Waals surface area contributed by atoms with Crippen molar-refractivity contribution in [2.75, 3.05) is 26.3 Å². The van der Waals surface area contributed by atoms with Gasteiger partial charge < -0.3 is 9.47 Å². The lowest BCUT2D eigenvalue weighted by molar-refractivity contribution is -0.0216. The number of carbonyl (C=O) groups is 1. The highest BCUT2D eigenvalue weighted by atomic mass is 16.5. The van der Waals surface area contributed by atoms with Gasteiger partial charge in [-0.2, -0.15) is 0 Å². The van der Waals surface area contributed by atoms with E-state index in [2.05, 4.69) is 11.8 Å². The van der Waals surface area contributed by atoms with Gasteiger partial charge in [0, 0.05) is 25.0 Å². The van der Waals surface area contributed by atoms with E-state index in [1.165, 1.54) is 0 Å². The molecule has 0 aliphatic carbocycles. The summed E-state index contributed by atoms with van der Waals surface area (Å²) in [5.74, 6) is -0.287. The third-order valence-electron chi connectivity index (χ3n) is 4.41. The number of hydrogen-bond acceptors (Lipinski definition) is 5. The van der Waals surface area contributed by atoms with Gasteiger partial charge in [-0.3, -0.25) is 9.88 Å². The van der Waals surface area contributed by atoms with Crippen molar-refractivity contribution in [3.8, 4) is 0 Å². The number of aromatic nitrogens is 1. The molecule has 0 spiro atoms. The lowest BCUT2D eigenvalue weighted by Crippen LogP contribution is -2.41. The summed E-state index contributed by atoms with van der Waals surface area (Å²) in [6.07, 6.45) is 0.200. The van der Waals surface area contributed by atoms with E-state index in [0.29, 0.717) is 25.3 Å². The Bertz CT molecular complexity index is 745. The van der Waals surface area contributed by atoms with Crippen LogP contribution in [0.25, 0.3) is 10.9 Å². The number of esters is 1. The Labute approximate surface area is 142 Å². The molecule has 2 heterocycles. The Kier molecular flexibility index (Phi) is 5.11. The minimum Gasteiger partial charge on any atom is -0.462 e. The van der Waals surface area contributed by atoms with Crippen LogP contribution in [0.4, 0.5) is 0 Å². The first-order valence-electron chi connectivity index (χ1n) is 8.49. The number of pyridine rings is 1. The topological polar surface area (TPSA) is 51.7 Å². The summed E-state index contributed by atoms with van der Waals surface area (Å²) >= 11 is 0. The van der Waals surface area contributed by atoms with Crippen molar-refractivity contribution in [2.45, 2.75) is 33.4 Å². The molecule has 24 heavy (non-hydrogen) atoms. The first-order valence-corrected chi connectivity index (χ1v) is 8.49. The molecule has 2 aromatic rings. The zero-order chi connectivity index (χ0) is 17.1. The van der Waals surface area contributed by atoms with Gasteiger partial charge in [0.05, 0.1) is 36.1 Å². The molecule has 0 N–H and O–H groups in total. The van der Waals surface area contributed by atoms with Gasteiger partial charge in [0.1, 0.15) is 0 Å². The fourth-order valence-electron chi connectivity index (χ4n) is 3.28. The molecule has 1 fully saturated rings. The number of aryl methyl sites for hydroxylation is 1. The van der Waals surface area contributed by atoms with Crippen LogP contribution in [0.1, 0.15) is 35.5 Å². The third kappa shape index (κ3) is 3.42. The Morgan fingerprint density at radius 3 is 2.96 bits per heavy atom. The van der Waals surface area contributed by atoms with Crippen LogP contribution in [0.2, 0.25) is 0 Å². The van der Waals surface area contributed by atoms with Gasteiger partial charge in [0.15, 0.2) is 0 Å². The molecule has 128 valence electrons. The normalized spacial score (nSPS) is 18.7. The number of nitrogens with zero attached hydrogens (tertiary/aromatic N) is 2. The van der Waals surface area contributed by atoms with Crippen molar-refractivity contribution in [3.63, 3.8) is 0 Å². The standard InChI is InChI=1S/C19H24N2O3/c1-4-23-19(22)18-14(3)15-7-5-6-8-16(15)20-17(18)12-21-9-10-24-13(2)11-21/h5-8,13H,4,9-12H2,1-3H3/t13-/m1/s1. The lowest BCUT2D eigenvalue weighted by Gasteiger charge is -2.31. The fraction of sp³-hybridized carbons (Fsp3) is 0.474. The summed E-state index contributed by atoms with van der Waals surface area (Å²) in [6.45, 7) is 9.26. The first kappa shape index (κ1) is 16.9. The average Bonchev–Trinajstić information content (AvgIpc) is 2.55. The van der Waals surface area contributed by atoms with E-state index in [1.54, 1.807) is 0 Å². The van der Waals surface area contributed by atoms with E-state index < -0.39 is 0 Å². The van der Waals surface area contributed by atoms with Crippen LogP contribution in [-0.4, -0.2) is 48.3 Å². The van der Waals surface area contributed by atoms with Gasteiger partial charge in [-0.15, -0.1) is 0 Å². The van der Waals surface area contributed by atoms with Gasteiger partial charge in [0.25, 0.3) is 0 Å². The molecule has 1 saturated heterocycles. The molecule has 0 amide bonds. The maximum Gasteiger partial charge on any atom is 0.340 e. The molecule has 0 unspecified atom stereocenters. The number of hydrogen-bond donors (Lipinski definition) is 0. The monoisotopic (exact) mass is 328 g/mol. The largest absolute Gasteiger partial charge is 0.462 e. The molecular weight excluding hydrogens is 304 g/mol. The van der Waals surface area contributed by atoms with Crippen molar-refractivity contribution in [3.05, 3.63) is 41.1 Å². The Balaban J connectivity index is 2.03. The maximum absolute atomic E-state index is 12.5. The van der Waals surface area contributed by atoms with Gasteiger partial charge in [-0.1, -0.05) is 18.2 Å². The SMILES string of the molecule is CCOC(=O)c1c(CN2CCO[C@H](C)C2)nc2ccccc2c1C. The van der Waals surface area contributed by atoms with Crippen LogP contribution in [0, 0.1) is 6.92 Å². The summed E-state index contributed by atoms with van der Waals surface area (Å²) in [6, 6.07) is 7.93. The molecule has 1 aliphatic rings. The van der Waals surface area contributed by atoms with Crippen LogP contribution < -0.4 is 0 Å². The number of morpholine rings is 1. The summed E-state index contributed by atoms with van der Waals surface area (Å²) in [5.41, 5.74) is 3.25. The number of ether oxygens (including phenoxy) is 2. The molecule has 1 aliphatic heterocycles. The summed E-state index contributed by atoms with van der Waals surface area (Å²) < 4.78 is 10.9. The number of carbonyl (C=O) groups excluding carboxylic acids is 1. The van der Waals surface area contributed by atoms with Crippen molar-refractivity contribution >= 4 is 16.9 Å². The molecule has 5 heteroatoms. The van der Waals surface area contributed by atoms with E-state index in [-0.39, 0.29) is 12.1 Å². The van der Waals surface area contributed by atoms with Crippen molar-refractivity contribution in [2.24, 2.45) is 0 Å². The molecule has 0 bridgehead atoms. The zero-order valence-corrected chi connectivity index (χ0v) is 14.5. The van der Waals surface area contributed by atoms with Gasteiger partial charge >= 0.3 is 5.97 Å². The van der Waals surface area contributed by atoms with Gasteiger partial charge in [-0.25, -0.2) is 4.79 Å². The van der Waals surface area contributed by atoms with Crippen LogP contribution in [0.3, 0.4) is 0 Å². The van der Waals surface area contributed by atoms with Gasteiger partial charge in [0.2, 0.25) is 0 Å². The van der Waals surface area contributed by atoms with Crippen molar-refractivity contribution in [1.82, 2.24) is 9.88 Å². The highest BCUT2D eigenvalue weighted by Gasteiger charge is 2.23. The average molecular weight is 328 g/mol. The van der Waals surface area contributed by atoms with E-state index in [1.807, 2.05) is 38.1 Å². The fourth-order valence-corrected chi connectivity index (χ4v) is 3.28. The Morgan fingerprint density at radius 2 is 2.21 bits per heavy atom. The van der Waals surface area contributed by atoms with Crippen molar-refractivity contribution in [1.29, 1.82) is 0 Å². The molecule has 3 rings (SSSR count). The second-order valence-corrected chi connectivity index (χ2v) is 6.21. The van der Waals surface area contributed by atoms with E-state index in [4.69, 9.17) is 14.5 Å². The number of fused-ring (bicyclic) bond motifs is 1. The Morgan fingerprint density at radius 1 is 1.42 bits per heavy atom. The van der Waals surface area contributed by atoms with Crippen LogP contribution in [0.5, 0.6) is 0 Å². The highest BCUT2D eigenvalue weighted by molar-refractivity contribution is 5.98. The number of para-hydroxylation sites is 1. The zero-order valence-electron chi connectivity index (χ0n) is 14.5. The first-order chi connectivity index (χ1) is 11.6. The molecule has 5 nitrogen and oxygen atoms in total. The molecule has 0 radical (unpaired) electrons. The minimum absolute atomic E-state index is 0.200. The second kappa shape index (κ2) is 7.28. The third-order valence-corrected chi connectivity index (χ3v) is 4.41. The highest BCUT2D eigenvalue weighted by Crippen LogP contribution is 2.25. The summed E-state index contributed by atoms with van der Waals surface area (Å²) in [4.78, 5) is 19.6. The molecule has 1 aromatic heterocycles. The van der Waals surface area contributed by atoms with Crippen LogP contribution >= 0.6 is 0 Å². The van der Waals surface area contributed by atoms with Crippen LogP contribution in [-0.2, 0) is 16.0 Å².